The molecule has 0 aromatic rings. The van der Waals surface area contributed by atoms with Gasteiger partial charge < -0.3 is 0 Å². The Bertz CT molecular complexity index is 1250. The Balaban J connectivity index is 0.000000108. The largest absolute Gasteiger partial charge is 0.262 e. The van der Waals surface area contributed by atoms with Crippen molar-refractivity contribution in [2.24, 2.45) is 20.0 Å². The summed E-state index contributed by atoms with van der Waals surface area (Å²) >= 11 is 0. The summed E-state index contributed by atoms with van der Waals surface area (Å²) in [6, 6.07) is 0. The minimum absolute atomic E-state index is 1.06. The fraction of sp³-hybridized carbons (Fsp3) is 0.444. The van der Waals surface area contributed by atoms with Crippen molar-refractivity contribution in [1.29, 1.82) is 0 Å². The van der Waals surface area contributed by atoms with E-state index in [0.29, 0.717) is 0 Å². The SMILES string of the molecule is C=C1CCC2=C1CC(C)=N2.C=C1CCC2=C1CC(C)=N2.C=C1CCC2=C1CC(C)=N2.C=C1CCC2=C1CC(C)=N2. The van der Waals surface area contributed by atoms with Gasteiger partial charge in [-0.2, -0.15) is 0 Å². The van der Waals surface area contributed by atoms with Crippen LogP contribution in [0.2, 0.25) is 0 Å². The average Bonchev–Trinajstić information content (AvgIpc) is 3.75. The first-order valence-electron chi connectivity index (χ1n) is 14.9. The second kappa shape index (κ2) is 11.6. The summed E-state index contributed by atoms with van der Waals surface area (Å²) in [5, 5.41) is 0. The van der Waals surface area contributed by atoms with Crippen molar-refractivity contribution in [2.75, 3.05) is 0 Å². The molecule has 208 valence electrons. The monoisotopic (exact) mass is 532 g/mol. The van der Waals surface area contributed by atoms with Crippen molar-refractivity contribution >= 4 is 22.8 Å². The van der Waals surface area contributed by atoms with E-state index < -0.39 is 0 Å². The molecule has 4 aliphatic heterocycles. The van der Waals surface area contributed by atoms with Gasteiger partial charge in [-0.25, -0.2) is 0 Å². The van der Waals surface area contributed by atoms with Gasteiger partial charge in [0.05, 0.1) is 0 Å². The fourth-order valence-electron chi connectivity index (χ4n) is 6.61. The molecule has 0 atom stereocenters. The van der Waals surface area contributed by atoms with Gasteiger partial charge in [-0.1, -0.05) is 26.3 Å². The molecule has 4 heteroatoms. The lowest BCUT2D eigenvalue weighted by Gasteiger charge is -1.96. The molecule has 0 saturated carbocycles. The molecule has 8 rings (SSSR count). The Morgan fingerprint density at radius 3 is 0.725 bits per heavy atom. The average molecular weight is 533 g/mol. The van der Waals surface area contributed by atoms with Crippen LogP contribution < -0.4 is 0 Å². The van der Waals surface area contributed by atoms with Crippen LogP contribution in [0.15, 0.2) is 114 Å². The number of allylic oxidation sites excluding steroid dienone is 12. The predicted molar refractivity (Wildman–Crippen MR) is 173 cm³/mol. The van der Waals surface area contributed by atoms with Crippen LogP contribution in [0.3, 0.4) is 0 Å². The maximum atomic E-state index is 4.44. The molecular formula is C36H44N4. The zero-order chi connectivity index (χ0) is 28.6. The van der Waals surface area contributed by atoms with Gasteiger partial charge in [-0.15, -0.1) is 0 Å². The second-order valence-corrected chi connectivity index (χ2v) is 12.2. The van der Waals surface area contributed by atoms with E-state index in [-0.39, 0.29) is 0 Å². The number of nitrogens with zero attached hydrogens (tertiary/aromatic N) is 4. The van der Waals surface area contributed by atoms with Gasteiger partial charge in [-0.3, -0.25) is 20.0 Å². The summed E-state index contributed by atoms with van der Waals surface area (Å²) in [5.74, 6) is 0. The standard InChI is InChI=1S/4C9H11N/c4*1-6-3-4-9-8(6)5-7(2)10-9/h4*1,3-5H2,2H3. The zero-order valence-electron chi connectivity index (χ0n) is 25.1. The summed E-state index contributed by atoms with van der Waals surface area (Å²) in [5.41, 5.74) is 21.2. The van der Waals surface area contributed by atoms with E-state index in [2.05, 4.69) is 74.0 Å². The number of hydrogen-bond acceptors (Lipinski definition) is 4. The third-order valence-corrected chi connectivity index (χ3v) is 8.79. The van der Waals surface area contributed by atoms with E-state index in [0.717, 1.165) is 77.0 Å². The molecule has 0 aromatic carbocycles. The van der Waals surface area contributed by atoms with Gasteiger partial charge in [0, 0.05) is 71.3 Å². The van der Waals surface area contributed by atoms with Crippen LogP contribution in [0, 0.1) is 0 Å². The van der Waals surface area contributed by atoms with E-state index >= 15 is 0 Å². The van der Waals surface area contributed by atoms with Crippen molar-refractivity contribution in [3.05, 3.63) is 93.7 Å². The number of rotatable bonds is 0. The lowest BCUT2D eigenvalue weighted by Crippen LogP contribution is -1.88. The van der Waals surface area contributed by atoms with E-state index in [9.17, 15) is 0 Å². The first kappa shape index (κ1) is 28.1. The highest BCUT2D eigenvalue weighted by Gasteiger charge is 2.25. The van der Waals surface area contributed by atoms with Crippen LogP contribution in [0.1, 0.15) is 105 Å². The van der Waals surface area contributed by atoms with Crippen molar-refractivity contribution < 1.29 is 0 Å². The Kier molecular flexibility index (Phi) is 8.16. The zero-order valence-corrected chi connectivity index (χ0v) is 25.1. The van der Waals surface area contributed by atoms with E-state index in [1.807, 2.05) is 0 Å². The molecule has 4 nitrogen and oxygen atoms in total. The van der Waals surface area contributed by atoms with Gasteiger partial charge in [-0.05, 0) is 124 Å². The molecule has 0 N–H and O–H groups in total. The third kappa shape index (κ3) is 6.01. The Morgan fingerprint density at radius 2 is 0.550 bits per heavy atom. The van der Waals surface area contributed by atoms with Gasteiger partial charge in [0.25, 0.3) is 0 Å². The molecule has 4 heterocycles. The van der Waals surface area contributed by atoms with Crippen LogP contribution in [0.4, 0.5) is 0 Å². The van der Waals surface area contributed by atoms with Gasteiger partial charge >= 0.3 is 0 Å². The lowest BCUT2D eigenvalue weighted by molar-refractivity contribution is 0.992. The Morgan fingerprint density at radius 1 is 0.350 bits per heavy atom. The molecule has 0 fully saturated rings. The van der Waals surface area contributed by atoms with Gasteiger partial charge in [0.15, 0.2) is 0 Å². The molecule has 4 aliphatic carbocycles. The first-order valence-corrected chi connectivity index (χ1v) is 14.9. The van der Waals surface area contributed by atoms with Crippen molar-refractivity contribution in [3.63, 3.8) is 0 Å². The first-order chi connectivity index (χ1) is 19.1. The highest BCUT2D eigenvalue weighted by Crippen LogP contribution is 2.39. The fourth-order valence-corrected chi connectivity index (χ4v) is 6.61. The minimum atomic E-state index is 1.06. The molecule has 8 aliphatic rings. The molecule has 0 radical (unpaired) electrons. The van der Waals surface area contributed by atoms with Crippen LogP contribution in [0.5, 0.6) is 0 Å². The molecule has 40 heavy (non-hydrogen) atoms. The molecule has 0 bridgehead atoms. The van der Waals surface area contributed by atoms with Gasteiger partial charge in [0.1, 0.15) is 0 Å². The summed E-state index contributed by atoms with van der Waals surface area (Å²) in [6.07, 6.45) is 13.3. The highest BCUT2D eigenvalue weighted by molar-refractivity contribution is 5.91. The minimum Gasteiger partial charge on any atom is -0.262 e. The summed E-state index contributed by atoms with van der Waals surface area (Å²) in [7, 11) is 0. The van der Waals surface area contributed by atoms with E-state index in [1.165, 1.54) is 90.2 Å². The molecule has 0 aromatic heterocycles. The van der Waals surface area contributed by atoms with Crippen molar-refractivity contribution in [3.8, 4) is 0 Å². The molecule has 0 amide bonds. The Labute approximate surface area is 241 Å². The van der Waals surface area contributed by atoms with E-state index in [4.69, 9.17) is 0 Å². The maximum Gasteiger partial charge on any atom is 0.0444 e. The van der Waals surface area contributed by atoms with Crippen LogP contribution >= 0.6 is 0 Å². The molecule has 0 unspecified atom stereocenters. The number of hydrogen-bond donors (Lipinski definition) is 0. The third-order valence-electron chi connectivity index (χ3n) is 8.79. The van der Waals surface area contributed by atoms with Gasteiger partial charge in [0.2, 0.25) is 0 Å². The summed E-state index contributed by atoms with van der Waals surface area (Å²) in [4.78, 5) is 17.7. The summed E-state index contributed by atoms with van der Waals surface area (Å²) in [6.45, 7) is 24.4. The lowest BCUT2D eigenvalue weighted by atomic mass is 10.1. The molecule has 0 saturated heterocycles. The molecule has 0 spiro atoms. The van der Waals surface area contributed by atoms with Crippen molar-refractivity contribution in [2.45, 2.75) is 105 Å². The quantitative estimate of drug-likeness (QED) is 0.298. The van der Waals surface area contributed by atoms with Crippen molar-refractivity contribution in [1.82, 2.24) is 0 Å². The van der Waals surface area contributed by atoms with E-state index in [1.54, 1.807) is 0 Å². The summed E-state index contributed by atoms with van der Waals surface area (Å²) < 4.78 is 0. The van der Waals surface area contributed by atoms with Crippen LogP contribution in [0.25, 0.3) is 0 Å². The highest BCUT2D eigenvalue weighted by atomic mass is 14.8. The normalized spacial score (nSPS) is 23.7. The predicted octanol–water partition coefficient (Wildman–Crippen LogP) is 9.82. The number of aliphatic imine (C=N–C) groups is 4. The molecular weight excluding hydrogens is 488 g/mol. The smallest absolute Gasteiger partial charge is 0.0444 e. The van der Waals surface area contributed by atoms with Crippen LogP contribution in [-0.4, -0.2) is 22.8 Å². The van der Waals surface area contributed by atoms with Crippen LogP contribution in [-0.2, 0) is 0 Å². The maximum absolute atomic E-state index is 4.44. The topological polar surface area (TPSA) is 49.4 Å². The second-order valence-electron chi connectivity index (χ2n) is 12.2. The Hall–Kier alpha value is -3.40.